The molecule has 0 aliphatic carbocycles. The molecule has 1 fully saturated rings. The maximum absolute atomic E-state index is 12.2. The molecule has 1 amide bonds. The van der Waals surface area contributed by atoms with Crippen molar-refractivity contribution in [3.05, 3.63) is 35.9 Å². The van der Waals surface area contributed by atoms with Crippen molar-refractivity contribution in [2.75, 3.05) is 32.8 Å². The van der Waals surface area contributed by atoms with Gasteiger partial charge < -0.3 is 20.3 Å². The lowest BCUT2D eigenvalue weighted by Crippen LogP contribution is -2.49. The number of nitrogens with one attached hydrogen (secondary N) is 2. The SMILES string of the molecule is CCOCCCNC(=S)N1CCC(NC(=O)c2ccccc2)CC1. The number of piperidine rings is 1. The summed E-state index contributed by atoms with van der Waals surface area (Å²) in [7, 11) is 0. The molecule has 1 aliphatic heterocycles. The second kappa shape index (κ2) is 10.3. The van der Waals surface area contributed by atoms with E-state index in [2.05, 4.69) is 15.5 Å². The third-order valence-corrected chi connectivity index (χ3v) is 4.50. The second-order valence-corrected chi connectivity index (χ2v) is 6.27. The summed E-state index contributed by atoms with van der Waals surface area (Å²) in [5.41, 5.74) is 0.714. The third kappa shape index (κ3) is 6.09. The standard InChI is InChI=1S/C18H27N3O2S/c1-2-23-14-6-11-19-18(24)21-12-9-16(10-13-21)20-17(22)15-7-4-3-5-8-15/h3-5,7-8,16H,2,6,9-14H2,1H3,(H,19,24)(H,20,22). The van der Waals surface area contributed by atoms with Crippen molar-refractivity contribution in [3.63, 3.8) is 0 Å². The van der Waals surface area contributed by atoms with E-state index in [-0.39, 0.29) is 11.9 Å². The van der Waals surface area contributed by atoms with E-state index in [1.54, 1.807) is 0 Å². The fourth-order valence-electron chi connectivity index (χ4n) is 2.71. The highest BCUT2D eigenvalue weighted by Crippen LogP contribution is 2.11. The lowest BCUT2D eigenvalue weighted by Gasteiger charge is -2.34. The zero-order valence-corrected chi connectivity index (χ0v) is 15.1. The van der Waals surface area contributed by atoms with Crippen molar-refractivity contribution in [3.8, 4) is 0 Å². The van der Waals surface area contributed by atoms with E-state index in [1.165, 1.54) is 0 Å². The highest BCUT2D eigenvalue weighted by Gasteiger charge is 2.22. The first-order valence-electron chi connectivity index (χ1n) is 8.67. The molecule has 1 saturated heterocycles. The molecule has 0 saturated carbocycles. The molecule has 0 unspecified atom stereocenters. The number of likely N-dealkylation sites (tertiary alicyclic amines) is 1. The molecule has 24 heavy (non-hydrogen) atoms. The minimum atomic E-state index is 0.00526. The number of benzene rings is 1. The fraction of sp³-hybridized carbons (Fsp3) is 0.556. The molecule has 132 valence electrons. The minimum Gasteiger partial charge on any atom is -0.382 e. The summed E-state index contributed by atoms with van der Waals surface area (Å²) in [6, 6.07) is 9.57. The first kappa shape index (κ1) is 18.7. The van der Waals surface area contributed by atoms with E-state index in [1.807, 2.05) is 37.3 Å². The van der Waals surface area contributed by atoms with Gasteiger partial charge in [0.1, 0.15) is 0 Å². The van der Waals surface area contributed by atoms with E-state index in [4.69, 9.17) is 17.0 Å². The van der Waals surface area contributed by atoms with Crippen LogP contribution in [0.2, 0.25) is 0 Å². The molecular formula is C18H27N3O2S. The molecule has 1 aliphatic rings. The summed E-state index contributed by atoms with van der Waals surface area (Å²) in [5.74, 6) is 0.00526. The summed E-state index contributed by atoms with van der Waals surface area (Å²) in [6.45, 7) is 6.10. The van der Waals surface area contributed by atoms with E-state index in [0.29, 0.717) is 5.56 Å². The molecule has 2 N–H and O–H groups in total. The van der Waals surface area contributed by atoms with Gasteiger partial charge in [-0.1, -0.05) is 18.2 Å². The Morgan fingerprint density at radius 1 is 1.29 bits per heavy atom. The van der Waals surface area contributed by atoms with Gasteiger partial charge in [0.15, 0.2) is 5.11 Å². The lowest BCUT2D eigenvalue weighted by molar-refractivity contribution is 0.0922. The zero-order chi connectivity index (χ0) is 17.2. The van der Waals surface area contributed by atoms with E-state index in [9.17, 15) is 4.79 Å². The molecule has 1 aromatic carbocycles. The molecule has 0 atom stereocenters. The van der Waals surface area contributed by atoms with Gasteiger partial charge in [-0.05, 0) is 50.5 Å². The molecule has 6 heteroatoms. The molecular weight excluding hydrogens is 322 g/mol. The third-order valence-electron chi connectivity index (χ3n) is 4.10. The number of hydrogen-bond acceptors (Lipinski definition) is 3. The Labute approximate surface area is 149 Å². The van der Waals surface area contributed by atoms with Crippen LogP contribution in [0.4, 0.5) is 0 Å². The Morgan fingerprint density at radius 3 is 2.67 bits per heavy atom. The van der Waals surface area contributed by atoms with Crippen LogP contribution in [0.25, 0.3) is 0 Å². The van der Waals surface area contributed by atoms with Gasteiger partial charge in [-0.15, -0.1) is 0 Å². The zero-order valence-electron chi connectivity index (χ0n) is 14.3. The maximum atomic E-state index is 12.2. The van der Waals surface area contributed by atoms with Gasteiger partial charge in [-0.25, -0.2) is 0 Å². The van der Waals surface area contributed by atoms with Crippen LogP contribution >= 0.6 is 12.2 Å². The maximum Gasteiger partial charge on any atom is 0.251 e. The summed E-state index contributed by atoms with van der Waals surface area (Å²) in [5, 5.41) is 7.20. The van der Waals surface area contributed by atoms with Gasteiger partial charge in [-0.3, -0.25) is 4.79 Å². The molecule has 5 nitrogen and oxygen atoms in total. The van der Waals surface area contributed by atoms with Crippen LogP contribution in [-0.2, 0) is 4.74 Å². The predicted octanol–water partition coefficient (Wildman–Crippen LogP) is 2.18. The molecule has 0 spiro atoms. The first-order valence-corrected chi connectivity index (χ1v) is 9.08. The largest absolute Gasteiger partial charge is 0.382 e. The van der Waals surface area contributed by atoms with Gasteiger partial charge in [0.05, 0.1) is 0 Å². The summed E-state index contributed by atoms with van der Waals surface area (Å²) in [6.07, 6.45) is 2.79. The Morgan fingerprint density at radius 2 is 2.00 bits per heavy atom. The van der Waals surface area contributed by atoms with Crippen LogP contribution in [0.1, 0.15) is 36.5 Å². The number of ether oxygens (including phenoxy) is 1. The van der Waals surface area contributed by atoms with Crippen LogP contribution < -0.4 is 10.6 Å². The Bertz CT molecular complexity index is 516. The predicted molar refractivity (Wildman–Crippen MR) is 100 cm³/mol. The van der Waals surface area contributed by atoms with Crippen molar-refractivity contribution in [2.45, 2.75) is 32.2 Å². The second-order valence-electron chi connectivity index (χ2n) is 5.88. The van der Waals surface area contributed by atoms with E-state index in [0.717, 1.165) is 57.2 Å². The molecule has 2 rings (SSSR count). The van der Waals surface area contributed by atoms with Crippen LogP contribution in [0, 0.1) is 0 Å². The molecule has 0 bridgehead atoms. The highest BCUT2D eigenvalue weighted by atomic mass is 32.1. The number of carbonyl (C=O) groups excluding carboxylic acids is 1. The summed E-state index contributed by atoms with van der Waals surface area (Å²) >= 11 is 5.44. The van der Waals surface area contributed by atoms with Crippen LogP contribution in [0.15, 0.2) is 30.3 Å². The van der Waals surface area contributed by atoms with Crippen molar-refractivity contribution in [1.29, 1.82) is 0 Å². The van der Waals surface area contributed by atoms with Crippen molar-refractivity contribution in [2.24, 2.45) is 0 Å². The fourth-order valence-corrected chi connectivity index (χ4v) is 3.00. The highest BCUT2D eigenvalue weighted by molar-refractivity contribution is 7.80. The summed E-state index contributed by atoms with van der Waals surface area (Å²) < 4.78 is 5.31. The molecule has 0 radical (unpaired) electrons. The number of nitrogens with zero attached hydrogens (tertiary/aromatic N) is 1. The number of carbonyl (C=O) groups is 1. The normalized spacial score (nSPS) is 15.1. The number of rotatable bonds is 7. The topological polar surface area (TPSA) is 53.6 Å². The number of thiocarbonyl (C=S) groups is 1. The summed E-state index contributed by atoms with van der Waals surface area (Å²) in [4.78, 5) is 14.4. The quantitative estimate of drug-likeness (QED) is 0.584. The van der Waals surface area contributed by atoms with Crippen molar-refractivity contribution in [1.82, 2.24) is 15.5 Å². The lowest BCUT2D eigenvalue weighted by atomic mass is 10.0. The average molecular weight is 350 g/mol. The number of hydrogen-bond donors (Lipinski definition) is 2. The van der Waals surface area contributed by atoms with Gasteiger partial charge in [0.25, 0.3) is 5.91 Å². The van der Waals surface area contributed by atoms with E-state index < -0.39 is 0 Å². The molecule has 1 aromatic rings. The van der Waals surface area contributed by atoms with Crippen LogP contribution in [-0.4, -0.2) is 54.8 Å². The van der Waals surface area contributed by atoms with Crippen molar-refractivity contribution >= 4 is 23.2 Å². The Kier molecular flexibility index (Phi) is 7.98. The van der Waals surface area contributed by atoms with Crippen LogP contribution in [0.5, 0.6) is 0 Å². The minimum absolute atomic E-state index is 0.00526. The average Bonchev–Trinajstić information content (AvgIpc) is 2.62. The van der Waals surface area contributed by atoms with Crippen LogP contribution in [0.3, 0.4) is 0 Å². The first-order chi connectivity index (χ1) is 11.7. The van der Waals surface area contributed by atoms with Gasteiger partial charge in [0.2, 0.25) is 0 Å². The van der Waals surface area contributed by atoms with Crippen molar-refractivity contribution < 1.29 is 9.53 Å². The van der Waals surface area contributed by atoms with Gasteiger partial charge in [-0.2, -0.15) is 0 Å². The van der Waals surface area contributed by atoms with Gasteiger partial charge in [0, 0.05) is 44.5 Å². The van der Waals surface area contributed by atoms with Gasteiger partial charge >= 0.3 is 0 Å². The molecule has 1 heterocycles. The van der Waals surface area contributed by atoms with E-state index >= 15 is 0 Å². The Balaban J connectivity index is 1.66. The monoisotopic (exact) mass is 349 g/mol. The molecule has 0 aromatic heterocycles. The smallest absolute Gasteiger partial charge is 0.251 e. The Hall–Kier alpha value is -1.66. The number of amides is 1.